The van der Waals surface area contributed by atoms with Crippen LogP contribution in [0.25, 0.3) is 5.69 Å². The van der Waals surface area contributed by atoms with E-state index in [2.05, 4.69) is 15.1 Å². The van der Waals surface area contributed by atoms with Crippen molar-refractivity contribution in [2.24, 2.45) is 0 Å². The molecule has 0 bridgehead atoms. The molecule has 0 spiro atoms. The zero-order chi connectivity index (χ0) is 17.4. The average Bonchev–Trinajstić information content (AvgIpc) is 2.95. The van der Waals surface area contributed by atoms with Gasteiger partial charge in [-0.25, -0.2) is 19.0 Å². The molecule has 25 heavy (non-hydrogen) atoms. The van der Waals surface area contributed by atoms with Gasteiger partial charge in [0.2, 0.25) is 0 Å². The Labute approximate surface area is 153 Å². The predicted molar refractivity (Wildman–Crippen MR) is 92.3 cm³/mol. The number of aromatic nitrogens is 4. The molecular formula is C17H13Cl2FN4O. The highest BCUT2D eigenvalue weighted by molar-refractivity contribution is 6.32. The molecule has 0 saturated heterocycles. The Kier molecular flexibility index (Phi) is 4.31. The zero-order valence-corrected chi connectivity index (χ0v) is 14.6. The molecule has 1 aliphatic carbocycles. The Morgan fingerprint density at radius 1 is 1.08 bits per heavy atom. The van der Waals surface area contributed by atoms with E-state index in [9.17, 15) is 4.39 Å². The van der Waals surface area contributed by atoms with E-state index in [0.29, 0.717) is 5.15 Å². The molecule has 2 aromatic heterocycles. The molecule has 2 heterocycles. The molecule has 128 valence electrons. The van der Waals surface area contributed by atoms with Crippen LogP contribution in [0, 0.1) is 5.82 Å². The summed E-state index contributed by atoms with van der Waals surface area (Å²) in [4.78, 5) is 7.95. The number of benzene rings is 1. The Hall–Kier alpha value is -2.18. The lowest BCUT2D eigenvalue weighted by Crippen LogP contribution is -2.02. The van der Waals surface area contributed by atoms with Crippen molar-refractivity contribution in [3.63, 3.8) is 0 Å². The van der Waals surface area contributed by atoms with E-state index in [0.717, 1.165) is 36.9 Å². The van der Waals surface area contributed by atoms with Crippen molar-refractivity contribution < 1.29 is 9.13 Å². The van der Waals surface area contributed by atoms with Gasteiger partial charge >= 0.3 is 6.01 Å². The summed E-state index contributed by atoms with van der Waals surface area (Å²) in [5.74, 6) is -0.304. The average molecular weight is 379 g/mol. The van der Waals surface area contributed by atoms with Crippen LogP contribution >= 0.6 is 23.2 Å². The summed E-state index contributed by atoms with van der Waals surface area (Å²) in [6.07, 6.45) is 6.89. The third kappa shape index (κ3) is 3.07. The SMILES string of the molecule is Fc1cc(Cl)c(Oc2ncccn2)cc1-n1nc2c(c1Cl)CCCC2. The van der Waals surface area contributed by atoms with Crippen LogP contribution in [-0.2, 0) is 12.8 Å². The highest BCUT2D eigenvalue weighted by Crippen LogP contribution is 2.35. The van der Waals surface area contributed by atoms with Crippen LogP contribution < -0.4 is 4.74 Å². The third-order valence-corrected chi connectivity index (χ3v) is 4.75. The van der Waals surface area contributed by atoms with Crippen molar-refractivity contribution in [3.8, 4) is 17.4 Å². The van der Waals surface area contributed by atoms with Gasteiger partial charge in [-0.05, 0) is 37.8 Å². The number of nitrogens with zero attached hydrogens (tertiary/aromatic N) is 4. The molecule has 1 aliphatic rings. The normalized spacial score (nSPS) is 13.6. The van der Waals surface area contributed by atoms with Crippen LogP contribution in [0.4, 0.5) is 4.39 Å². The van der Waals surface area contributed by atoms with Gasteiger partial charge in [-0.15, -0.1) is 0 Å². The Morgan fingerprint density at radius 3 is 2.60 bits per heavy atom. The van der Waals surface area contributed by atoms with Crippen molar-refractivity contribution >= 4 is 23.2 Å². The summed E-state index contributed by atoms with van der Waals surface area (Å²) in [7, 11) is 0. The summed E-state index contributed by atoms with van der Waals surface area (Å²) < 4.78 is 21.5. The highest BCUT2D eigenvalue weighted by atomic mass is 35.5. The van der Waals surface area contributed by atoms with Crippen molar-refractivity contribution in [2.45, 2.75) is 25.7 Å². The van der Waals surface area contributed by atoms with Gasteiger partial charge in [0.25, 0.3) is 0 Å². The minimum Gasteiger partial charge on any atom is -0.423 e. The molecule has 1 aromatic carbocycles. The molecule has 0 N–H and O–H groups in total. The van der Waals surface area contributed by atoms with Crippen molar-refractivity contribution in [1.29, 1.82) is 0 Å². The highest BCUT2D eigenvalue weighted by Gasteiger charge is 2.22. The monoisotopic (exact) mass is 378 g/mol. The van der Waals surface area contributed by atoms with E-state index in [4.69, 9.17) is 27.9 Å². The lowest BCUT2D eigenvalue weighted by molar-refractivity contribution is 0.440. The predicted octanol–water partition coefficient (Wildman–Crippen LogP) is 4.78. The molecule has 4 rings (SSSR count). The molecule has 0 fully saturated rings. The van der Waals surface area contributed by atoms with Crippen LogP contribution in [0.5, 0.6) is 11.8 Å². The smallest absolute Gasteiger partial charge is 0.321 e. The summed E-state index contributed by atoms with van der Waals surface area (Å²) in [5.41, 5.74) is 2.07. The van der Waals surface area contributed by atoms with Gasteiger partial charge in [0.05, 0.1) is 10.7 Å². The van der Waals surface area contributed by atoms with Crippen LogP contribution in [0.15, 0.2) is 30.6 Å². The zero-order valence-electron chi connectivity index (χ0n) is 13.0. The molecule has 0 atom stereocenters. The first kappa shape index (κ1) is 16.3. The fraction of sp³-hybridized carbons (Fsp3) is 0.235. The fourth-order valence-corrected chi connectivity index (χ4v) is 3.39. The molecule has 0 unspecified atom stereocenters. The lowest BCUT2D eigenvalue weighted by atomic mass is 9.99. The number of aryl methyl sites for hydroxylation is 1. The number of rotatable bonds is 3. The first-order valence-electron chi connectivity index (χ1n) is 7.84. The Balaban J connectivity index is 1.78. The summed E-state index contributed by atoms with van der Waals surface area (Å²) in [6, 6.07) is 4.41. The standard InChI is InChI=1S/C17H13Cl2FN4O/c18-11-8-12(20)14(9-15(11)25-17-21-6-3-7-22-17)24-16(19)10-4-1-2-5-13(10)23-24/h3,6-9H,1-2,4-5H2. The van der Waals surface area contributed by atoms with Gasteiger partial charge in [0.1, 0.15) is 10.8 Å². The maximum atomic E-state index is 14.5. The van der Waals surface area contributed by atoms with E-state index >= 15 is 0 Å². The molecule has 5 nitrogen and oxygen atoms in total. The molecule has 0 radical (unpaired) electrons. The quantitative estimate of drug-likeness (QED) is 0.657. The number of hydrogen-bond acceptors (Lipinski definition) is 4. The van der Waals surface area contributed by atoms with E-state index in [-0.39, 0.29) is 22.5 Å². The van der Waals surface area contributed by atoms with Crippen molar-refractivity contribution in [3.05, 3.63) is 57.8 Å². The van der Waals surface area contributed by atoms with Crippen molar-refractivity contribution in [1.82, 2.24) is 19.7 Å². The van der Waals surface area contributed by atoms with E-state index < -0.39 is 5.82 Å². The maximum absolute atomic E-state index is 14.5. The Bertz CT molecular complexity index is 930. The van der Waals surface area contributed by atoms with Gasteiger partial charge in [0.15, 0.2) is 11.6 Å². The van der Waals surface area contributed by atoms with E-state index in [1.165, 1.54) is 16.8 Å². The van der Waals surface area contributed by atoms with Crippen LogP contribution in [-0.4, -0.2) is 19.7 Å². The fourth-order valence-electron chi connectivity index (χ4n) is 2.87. The number of fused-ring (bicyclic) bond motifs is 1. The third-order valence-electron chi connectivity index (χ3n) is 4.07. The minimum atomic E-state index is -0.534. The number of hydrogen-bond donors (Lipinski definition) is 0. The second-order valence-electron chi connectivity index (χ2n) is 5.70. The Morgan fingerprint density at radius 2 is 1.84 bits per heavy atom. The number of halogens is 3. The van der Waals surface area contributed by atoms with E-state index in [1.807, 2.05) is 0 Å². The van der Waals surface area contributed by atoms with Gasteiger partial charge in [0, 0.05) is 24.0 Å². The molecular weight excluding hydrogens is 366 g/mol. The van der Waals surface area contributed by atoms with Crippen LogP contribution in [0.3, 0.4) is 0 Å². The topological polar surface area (TPSA) is 52.8 Å². The lowest BCUT2D eigenvalue weighted by Gasteiger charge is -2.10. The molecule has 0 saturated carbocycles. The van der Waals surface area contributed by atoms with Crippen LogP contribution in [0.2, 0.25) is 10.2 Å². The first-order chi connectivity index (χ1) is 12.1. The molecule has 8 heteroatoms. The number of ether oxygens (including phenoxy) is 1. The summed E-state index contributed by atoms with van der Waals surface area (Å²) >= 11 is 12.5. The van der Waals surface area contributed by atoms with Gasteiger partial charge in [-0.2, -0.15) is 5.10 Å². The molecule has 0 aliphatic heterocycles. The second kappa shape index (κ2) is 6.61. The largest absolute Gasteiger partial charge is 0.423 e. The molecule has 3 aromatic rings. The van der Waals surface area contributed by atoms with Gasteiger partial charge < -0.3 is 4.74 Å². The van der Waals surface area contributed by atoms with Crippen molar-refractivity contribution in [2.75, 3.05) is 0 Å². The summed E-state index contributed by atoms with van der Waals surface area (Å²) in [5, 5.41) is 5.02. The minimum absolute atomic E-state index is 0.113. The second-order valence-corrected chi connectivity index (χ2v) is 6.47. The maximum Gasteiger partial charge on any atom is 0.321 e. The summed E-state index contributed by atoms with van der Waals surface area (Å²) in [6.45, 7) is 0. The first-order valence-corrected chi connectivity index (χ1v) is 8.59. The molecule has 0 amide bonds. The van der Waals surface area contributed by atoms with Crippen LogP contribution in [0.1, 0.15) is 24.1 Å². The van der Waals surface area contributed by atoms with Gasteiger partial charge in [-0.1, -0.05) is 23.2 Å². The van der Waals surface area contributed by atoms with Gasteiger partial charge in [-0.3, -0.25) is 0 Å². The van der Waals surface area contributed by atoms with E-state index in [1.54, 1.807) is 18.5 Å².